The summed E-state index contributed by atoms with van der Waals surface area (Å²) in [6, 6.07) is 0.462. The van der Waals surface area contributed by atoms with Crippen LogP contribution in [0.15, 0.2) is 9.52 Å². The van der Waals surface area contributed by atoms with Crippen molar-refractivity contribution < 1.29 is 9.26 Å². The number of aromatic nitrogens is 1. The van der Waals surface area contributed by atoms with Crippen LogP contribution < -0.4 is 10.6 Å². The predicted octanol–water partition coefficient (Wildman–Crippen LogP) is 3.20. The lowest BCUT2D eigenvalue weighted by Gasteiger charge is -2.61. The maximum Gasteiger partial charge on any atom is 0.191 e. The van der Waals surface area contributed by atoms with Gasteiger partial charge in [-0.15, -0.1) is 0 Å². The standard InChI is InChI=1S/C20H34N4O2/c1-5-15-14(16(6-2)26-24-15)13-22-19(21-7-3)23-17-12-18(25-8-4)20(17)10-9-11-20/h17-18H,5-13H2,1-4H3,(H2,21,22,23). The van der Waals surface area contributed by atoms with E-state index in [0.29, 0.717) is 24.1 Å². The highest BCUT2D eigenvalue weighted by Crippen LogP contribution is 2.57. The van der Waals surface area contributed by atoms with Crippen LogP contribution in [0, 0.1) is 5.41 Å². The van der Waals surface area contributed by atoms with Crippen LogP contribution in [0.5, 0.6) is 0 Å². The molecule has 2 fully saturated rings. The second-order valence-corrected chi connectivity index (χ2v) is 7.40. The Balaban J connectivity index is 1.68. The largest absolute Gasteiger partial charge is 0.378 e. The van der Waals surface area contributed by atoms with E-state index in [9.17, 15) is 0 Å². The molecule has 146 valence electrons. The minimum absolute atomic E-state index is 0.326. The van der Waals surface area contributed by atoms with E-state index in [1.807, 2.05) is 0 Å². The lowest BCUT2D eigenvalue weighted by molar-refractivity contribution is -0.168. The van der Waals surface area contributed by atoms with E-state index in [1.54, 1.807) is 0 Å². The Bertz CT molecular complexity index is 600. The number of aryl methyl sites for hydroxylation is 2. The van der Waals surface area contributed by atoms with Gasteiger partial charge in [-0.25, -0.2) is 4.99 Å². The molecule has 1 aromatic heterocycles. The van der Waals surface area contributed by atoms with Crippen molar-refractivity contribution in [3.05, 3.63) is 17.0 Å². The summed E-state index contributed by atoms with van der Waals surface area (Å²) in [5.74, 6) is 1.85. The van der Waals surface area contributed by atoms with Gasteiger partial charge in [0.05, 0.1) is 18.3 Å². The zero-order valence-corrected chi connectivity index (χ0v) is 16.7. The Hall–Kier alpha value is -1.56. The number of rotatable bonds is 8. The average molecular weight is 363 g/mol. The zero-order valence-electron chi connectivity index (χ0n) is 16.7. The molecule has 1 aromatic rings. The summed E-state index contributed by atoms with van der Waals surface area (Å²) in [5, 5.41) is 11.3. The van der Waals surface area contributed by atoms with Crippen LogP contribution in [0.2, 0.25) is 0 Å². The van der Waals surface area contributed by atoms with Gasteiger partial charge in [0.25, 0.3) is 0 Å². The summed E-state index contributed by atoms with van der Waals surface area (Å²) in [6.45, 7) is 10.7. The Kier molecular flexibility index (Phi) is 6.22. The van der Waals surface area contributed by atoms with E-state index in [-0.39, 0.29) is 0 Å². The number of nitrogens with one attached hydrogen (secondary N) is 2. The molecule has 3 rings (SSSR count). The monoisotopic (exact) mass is 362 g/mol. The van der Waals surface area contributed by atoms with Crippen molar-refractivity contribution in [3.63, 3.8) is 0 Å². The van der Waals surface area contributed by atoms with E-state index < -0.39 is 0 Å². The Labute approximate surface area is 157 Å². The molecule has 0 amide bonds. The summed E-state index contributed by atoms with van der Waals surface area (Å²) in [6.07, 6.45) is 7.06. The molecule has 2 saturated carbocycles. The van der Waals surface area contributed by atoms with Gasteiger partial charge in [0, 0.05) is 36.6 Å². The Morgan fingerprint density at radius 3 is 2.65 bits per heavy atom. The fourth-order valence-electron chi connectivity index (χ4n) is 4.40. The molecule has 0 saturated heterocycles. The second kappa shape index (κ2) is 8.42. The topological polar surface area (TPSA) is 71.7 Å². The first-order valence-electron chi connectivity index (χ1n) is 10.3. The quantitative estimate of drug-likeness (QED) is 0.549. The van der Waals surface area contributed by atoms with Crippen LogP contribution in [0.25, 0.3) is 0 Å². The summed E-state index contributed by atoms with van der Waals surface area (Å²) in [4.78, 5) is 4.84. The molecule has 26 heavy (non-hydrogen) atoms. The van der Waals surface area contributed by atoms with Crippen molar-refractivity contribution in [2.75, 3.05) is 13.2 Å². The summed E-state index contributed by atoms with van der Waals surface area (Å²) >= 11 is 0. The summed E-state index contributed by atoms with van der Waals surface area (Å²) in [7, 11) is 0. The van der Waals surface area contributed by atoms with E-state index >= 15 is 0 Å². The molecule has 6 heteroatoms. The van der Waals surface area contributed by atoms with Gasteiger partial charge in [0.15, 0.2) is 5.96 Å². The predicted molar refractivity (Wildman–Crippen MR) is 103 cm³/mol. The van der Waals surface area contributed by atoms with E-state index in [0.717, 1.165) is 55.4 Å². The smallest absolute Gasteiger partial charge is 0.191 e. The van der Waals surface area contributed by atoms with Crippen LogP contribution in [0.1, 0.15) is 70.4 Å². The van der Waals surface area contributed by atoms with E-state index in [1.165, 1.54) is 19.3 Å². The van der Waals surface area contributed by atoms with Crippen LogP contribution in [-0.2, 0) is 24.1 Å². The highest BCUT2D eigenvalue weighted by molar-refractivity contribution is 5.80. The van der Waals surface area contributed by atoms with Crippen molar-refractivity contribution in [2.24, 2.45) is 10.4 Å². The fourth-order valence-corrected chi connectivity index (χ4v) is 4.40. The normalized spacial score (nSPS) is 24.2. The first kappa shape index (κ1) is 19.2. The maximum absolute atomic E-state index is 5.97. The van der Waals surface area contributed by atoms with Gasteiger partial charge in [-0.05, 0) is 39.5 Å². The van der Waals surface area contributed by atoms with Gasteiger partial charge in [-0.1, -0.05) is 25.4 Å². The first-order valence-corrected chi connectivity index (χ1v) is 10.3. The van der Waals surface area contributed by atoms with E-state index in [4.69, 9.17) is 14.3 Å². The second-order valence-electron chi connectivity index (χ2n) is 7.40. The molecular formula is C20H34N4O2. The highest BCUT2D eigenvalue weighted by Gasteiger charge is 2.59. The van der Waals surface area contributed by atoms with Crippen molar-refractivity contribution in [3.8, 4) is 0 Å². The molecular weight excluding hydrogens is 328 g/mol. The van der Waals surface area contributed by atoms with Gasteiger partial charge in [0.2, 0.25) is 0 Å². The lowest BCUT2D eigenvalue weighted by Crippen LogP contribution is -2.68. The average Bonchev–Trinajstić information content (AvgIpc) is 2.99. The molecule has 2 unspecified atom stereocenters. The lowest BCUT2D eigenvalue weighted by atomic mass is 9.51. The SMILES string of the molecule is CCNC(=NCc1c(CC)noc1CC)NC1CC(OCC)C12CCC2. The molecule has 0 aliphatic heterocycles. The zero-order chi connectivity index (χ0) is 18.6. The van der Waals surface area contributed by atoms with Gasteiger partial charge in [-0.2, -0.15) is 0 Å². The molecule has 0 aromatic carbocycles. The van der Waals surface area contributed by atoms with Crippen molar-refractivity contribution in [1.29, 1.82) is 0 Å². The minimum Gasteiger partial charge on any atom is -0.378 e. The number of ether oxygens (including phenoxy) is 1. The molecule has 6 nitrogen and oxygen atoms in total. The van der Waals surface area contributed by atoms with Crippen molar-refractivity contribution in [2.45, 2.75) is 84.9 Å². The summed E-state index contributed by atoms with van der Waals surface area (Å²) < 4.78 is 11.4. The third kappa shape index (κ3) is 3.48. The molecule has 0 bridgehead atoms. The first-order chi connectivity index (χ1) is 12.7. The van der Waals surface area contributed by atoms with Gasteiger partial charge >= 0.3 is 0 Å². The molecule has 1 spiro atoms. The summed E-state index contributed by atoms with van der Waals surface area (Å²) in [5.41, 5.74) is 2.50. The van der Waals surface area contributed by atoms with Gasteiger partial charge in [-0.3, -0.25) is 0 Å². The minimum atomic E-state index is 0.326. The highest BCUT2D eigenvalue weighted by atomic mass is 16.5. The van der Waals surface area contributed by atoms with Crippen LogP contribution in [0.4, 0.5) is 0 Å². The number of hydrogen-bond donors (Lipinski definition) is 2. The van der Waals surface area contributed by atoms with Crippen LogP contribution in [0.3, 0.4) is 0 Å². The van der Waals surface area contributed by atoms with Crippen molar-refractivity contribution in [1.82, 2.24) is 15.8 Å². The number of hydrogen-bond acceptors (Lipinski definition) is 4. The number of nitrogens with zero attached hydrogens (tertiary/aromatic N) is 2. The third-order valence-corrected chi connectivity index (χ3v) is 6.09. The Morgan fingerprint density at radius 2 is 2.08 bits per heavy atom. The number of aliphatic imine (C=N–C) groups is 1. The van der Waals surface area contributed by atoms with Gasteiger partial charge < -0.3 is 19.9 Å². The van der Waals surface area contributed by atoms with Crippen LogP contribution in [-0.4, -0.2) is 36.4 Å². The van der Waals surface area contributed by atoms with Crippen molar-refractivity contribution >= 4 is 5.96 Å². The maximum atomic E-state index is 5.97. The molecule has 2 N–H and O–H groups in total. The fraction of sp³-hybridized carbons (Fsp3) is 0.800. The Morgan fingerprint density at radius 1 is 1.27 bits per heavy atom. The van der Waals surface area contributed by atoms with E-state index in [2.05, 4.69) is 43.5 Å². The van der Waals surface area contributed by atoms with Gasteiger partial charge in [0.1, 0.15) is 5.76 Å². The molecule has 1 heterocycles. The van der Waals surface area contributed by atoms with Crippen LogP contribution >= 0.6 is 0 Å². The molecule has 0 radical (unpaired) electrons. The number of guanidine groups is 1. The molecule has 2 atom stereocenters. The molecule has 2 aliphatic rings. The molecule has 2 aliphatic carbocycles. The third-order valence-electron chi connectivity index (χ3n) is 6.09.